The van der Waals surface area contributed by atoms with Crippen molar-refractivity contribution >= 4 is 28.5 Å². The molecule has 2 amide bonds. The SMILES string of the molecule is CNC(=O)c1c(-c2ccc(F)cc2)oc2cc(N([O-])O)c(-c3cc(C(=O)NC4(c5ccccc5)CC4)ccc3OC)cc12. The van der Waals surface area contributed by atoms with Gasteiger partial charge in [-0.3, -0.25) is 14.8 Å². The summed E-state index contributed by atoms with van der Waals surface area (Å²) in [6, 6.07) is 22.8. The molecule has 0 radical (unpaired) electrons. The number of amides is 2. The van der Waals surface area contributed by atoms with E-state index in [9.17, 15) is 24.4 Å². The lowest BCUT2D eigenvalue weighted by atomic mass is 9.96. The Bertz CT molecular complexity index is 1850. The summed E-state index contributed by atoms with van der Waals surface area (Å²) in [7, 11) is 2.91. The van der Waals surface area contributed by atoms with E-state index < -0.39 is 17.3 Å². The minimum atomic E-state index is -0.476. The number of ether oxygens (including phenoxy) is 1. The van der Waals surface area contributed by atoms with Crippen molar-refractivity contribution < 1.29 is 28.3 Å². The lowest BCUT2D eigenvalue weighted by Gasteiger charge is -2.25. The second-order valence-electron chi connectivity index (χ2n) is 10.3. The molecular weight excluding hydrogens is 553 g/mol. The molecular formula is C33H27FN3O6-. The predicted octanol–water partition coefficient (Wildman–Crippen LogP) is 6.39. The zero-order chi connectivity index (χ0) is 30.3. The van der Waals surface area contributed by atoms with Crippen LogP contribution in [-0.4, -0.2) is 31.2 Å². The number of furan rings is 1. The van der Waals surface area contributed by atoms with Gasteiger partial charge in [0.05, 0.1) is 23.9 Å². The Labute approximate surface area is 246 Å². The fourth-order valence-corrected chi connectivity index (χ4v) is 5.38. The number of carbonyl (C=O) groups excluding carboxylic acids is 2. The van der Waals surface area contributed by atoms with Gasteiger partial charge in [-0.1, -0.05) is 30.3 Å². The zero-order valence-electron chi connectivity index (χ0n) is 23.3. The maximum absolute atomic E-state index is 13.6. The third-order valence-electron chi connectivity index (χ3n) is 7.75. The molecule has 9 nitrogen and oxygen atoms in total. The molecule has 218 valence electrons. The van der Waals surface area contributed by atoms with Gasteiger partial charge in [-0.05, 0) is 66.9 Å². The van der Waals surface area contributed by atoms with Gasteiger partial charge in [0.2, 0.25) is 0 Å². The molecule has 4 aromatic carbocycles. The summed E-state index contributed by atoms with van der Waals surface area (Å²) in [4.78, 5) is 26.6. The normalized spacial score (nSPS) is 13.4. The Hall–Kier alpha value is -5.19. The number of nitrogens with one attached hydrogen (secondary N) is 2. The Morgan fingerprint density at radius 1 is 0.977 bits per heavy atom. The van der Waals surface area contributed by atoms with Crippen LogP contribution in [0.5, 0.6) is 5.75 Å². The van der Waals surface area contributed by atoms with E-state index in [1.54, 1.807) is 18.2 Å². The van der Waals surface area contributed by atoms with Crippen LogP contribution in [0.1, 0.15) is 39.1 Å². The first-order valence-electron chi connectivity index (χ1n) is 13.6. The van der Waals surface area contributed by atoms with E-state index >= 15 is 0 Å². The summed E-state index contributed by atoms with van der Waals surface area (Å²) < 4.78 is 25.2. The van der Waals surface area contributed by atoms with Crippen LogP contribution in [0.3, 0.4) is 0 Å². The fourth-order valence-electron chi connectivity index (χ4n) is 5.38. The van der Waals surface area contributed by atoms with Gasteiger partial charge >= 0.3 is 0 Å². The molecule has 6 rings (SSSR count). The van der Waals surface area contributed by atoms with Crippen molar-refractivity contribution in [2.24, 2.45) is 0 Å². The van der Waals surface area contributed by atoms with Crippen molar-refractivity contribution in [1.29, 1.82) is 0 Å². The first-order chi connectivity index (χ1) is 20.7. The smallest absolute Gasteiger partial charge is 0.255 e. The van der Waals surface area contributed by atoms with Gasteiger partial charge in [0.25, 0.3) is 11.8 Å². The maximum atomic E-state index is 13.6. The number of fused-ring (bicyclic) bond motifs is 1. The first kappa shape index (κ1) is 28.0. The van der Waals surface area contributed by atoms with E-state index in [0.717, 1.165) is 18.4 Å². The number of carbonyl (C=O) groups is 2. The molecule has 0 bridgehead atoms. The molecule has 1 aromatic heterocycles. The van der Waals surface area contributed by atoms with Crippen molar-refractivity contribution in [3.05, 3.63) is 113 Å². The monoisotopic (exact) mass is 580 g/mol. The number of hydrogen-bond acceptors (Lipinski definition) is 7. The average Bonchev–Trinajstić information content (AvgIpc) is 3.72. The molecule has 43 heavy (non-hydrogen) atoms. The number of anilines is 1. The average molecular weight is 581 g/mol. The first-order valence-corrected chi connectivity index (χ1v) is 13.6. The third-order valence-corrected chi connectivity index (χ3v) is 7.75. The highest BCUT2D eigenvalue weighted by Gasteiger charge is 2.45. The van der Waals surface area contributed by atoms with E-state index in [1.165, 1.54) is 50.6 Å². The Morgan fingerprint density at radius 2 is 1.70 bits per heavy atom. The minimum Gasteiger partial charge on any atom is -0.733 e. The van der Waals surface area contributed by atoms with E-state index in [-0.39, 0.29) is 39.3 Å². The second-order valence-corrected chi connectivity index (χ2v) is 10.3. The van der Waals surface area contributed by atoms with Crippen molar-refractivity contribution in [2.75, 3.05) is 19.4 Å². The summed E-state index contributed by atoms with van der Waals surface area (Å²) in [5.74, 6) is -0.768. The molecule has 1 aliphatic rings. The topological polar surface area (TPSA) is 127 Å². The summed E-state index contributed by atoms with van der Waals surface area (Å²) in [5.41, 5.74) is 1.93. The summed E-state index contributed by atoms with van der Waals surface area (Å²) in [6.45, 7) is 0. The lowest BCUT2D eigenvalue weighted by molar-refractivity contribution is 0.0929. The molecule has 1 aliphatic carbocycles. The molecule has 0 spiro atoms. The molecule has 10 heteroatoms. The van der Waals surface area contributed by atoms with Gasteiger partial charge in [-0.15, -0.1) is 0 Å². The van der Waals surface area contributed by atoms with Gasteiger partial charge < -0.3 is 30.2 Å². The number of benzene rings is 4. The maximum Gasteiger partial charge on any atom is 0.255 e. The van der Waals surface area contributed by atoms with E-state index in [0.29, 0.717) is 27.8 Å². The molecule has 3 N–H and O–H groups in total. The Morgan fingerprint density at radius 3 is 2.33 bits per heavy atom. The van der Waals surface area contributed by atoms with E-state index in [1.807, 2.05) is 30.3 Å². The fraction of sp³-hybridized carbons (Fsp3) is 0.152. The van der Waals surface area contributed by atoms with E-state index in [2.05, 4.69) is 10.6 Å². The second kappa shape index (κ2) is 10.9. The van der Waals surface area contributed by atoms with Crippen LogP contribution >= 0.6 is 0 Å². The highest BCUT2D eigenvalue weighted by atomic mass is 19.1. The van der Waals surface area contributed by atoms with Gasteiger partial charge in [0.1, 0.15) is 22.9 Å². The molecule has 1 heterocycles. The number of nitrogens with zero attached hydrogens (tertiary/aromatic N) is 1. The van der Waals surface area contributed by atoms with Gasteiger partial charge in [-0.25, -0.2) is 4.39 Å². The number of halogens is 1. The Kier molecular flexibility index (Phi) is 7.09. The molecule has 5 aromatic rings. The molecule has 0 atom stereocenters. The van der Waals surface area contributed by atoms with Crippen LogP contribution in [0.2, 0.25) is 0 Å². The van der Waals surface area contributed by atoms with Crippen molar-refractivity contribution in [2.45, 2.75) is 18.4 Å². The van der Waals surface area contributed by atoms with Gasteiger partial charge in [0, 0.05) is 40.8 Å². The van der Waals surface area contributed by atoms with E-state index in [4.69, 9.17) is 9.15 Å². The predicted molar refractivity (Wildman–Crippen MR) is 159 cm³/mol. The van der Waals surface area contributed by atoms with Crippen LogP contribution < -0.4 is 20.6 Å². The van der Waals surface area contributed by atoms with Crippen molar-refractivity contribution in [1.82, 2.24) is 10.6 Å². The van der Waals surface area contributed by atoms with Gasteiger partial charge in [0.15, 0.2) is 0 Å². The Balaban J connectivity index is 1.49. The molecule has 0 saturated heterocycles. The third kappa shape index (κ3) is 5.07. The summed E-state index contributed by atoms with van der Waals surface area (Å²) in [6.07, 6.45) is 1.61. The highest BCUT2D eigenvalue weighted by Crippen LogP contribution is 2.46. The number of rotatable bonds is 8. The molecule has 0 unspecified atom stereocenters. The van der Waals surface area contributed by atoms with Crippen LogP contribution in [0.4, 0.5) is 10.1 Å². The quantitative estimate of drug-likeness (QED) is 0.182. The molecule has 1 fully saturated rings. The largest absolute Gasteiger partial charge is 0.733 e. The standard InChI is InChI=1S/C33H27FN3O6/c1-35-32(39)29-25-17-23(26(37(40)41)18-28(25)43-30(29)19-8-11-22(34)12-9-19)24-16-20(10-13-27(24)42-2)31(38)36-33(14-15-33)21-6-4-3-5-7-21/h3-13,16-18,40H,14-15H2,1-2H3,(H,35,39)(H,36,38)/q-1. The highest BCUT2D eigenvalue weighted by molar-refractivity contribution is 6.13. The number of methoxy groups -OCH3 is 1. The lowest BCUT2D eigenvalue weighted by Crippen LogP contribution is -2.34. The zero-order valence-corrected chi connectivity index (χ0v) is 23.3. The minimum absolute atomic E-state index is 0.137. The number of hydrogen-bond donors (Lipinski definition) is 3. The van der Waals surface area contributed by atoms with Crippen LogP contribution in [0.15, 0.2) is 89.3 Å². The summed E-state index contributed by atoms with van der Waals surface area (Å²) in [5, 5.41) is 28.3. The molecule has 1 saturated carbocycles. The van der Waals surface area contributed by atoms with Crippen molar-refractivity contribution in [3.8, 4) is 28.2 Å². The van der Waals surface area contributed by atoms with Crippen molar-refractivity contribution in [3.63, 3.8) is 0 Å². The van der Waals surface area contributed by atoms with Crippen LogP contribution in [0.25, 0.3) is 33.4 Å². The van der Waals surface area contributed by atoms with Crippen LogP contribution in [-0.2, 0) is 5.54 Å². The molecule has 0 aliphatic heterocycles. The van der Waals surface area contributed by atoms with Crippen LogP contribution in [0, 0.1) is 11.0 Å². The summed E-state index contributed by atoms with van der Waals surface area (Å²) >= 11 is 0. The van der Waals surface area contributed by atoms with Gasteiger partial charge in [-0.2, -0.15) is 0 Å².